The third kappa shape index (κ3) is 3.47. The first-order valence-corrected chi connectivity index (χ1v) is 7.30. The molecule has 1 aliphatic carbocycles. The van der Waals surface area contributed by atoms with Gasteiger partial charge in [0.15, 0.2) is 0 Å². The van der Waals surface area contributed by atoms with Gasteiger partial charge in [0, 0.05) is 3.92 Å². The van der Waals surface area contributed by atoms with E-state index in [9.17, 15) is 0 Å². The first-order chi connectivity index (χ1) is 7.36. The maximum atomic E-state index is 2.61. The molecule has 0 saturated heterocycles. The summed E-state index contributed by atoms with van der Waals surface area (Å²) >= 11 is 2.61. The van der Waals surface area contributed by atoms with Crippen LogP contribution in [0.4, 0.5) is 0 Å². The zero-order chi connectivity index (χ0) is 10.5. The summed E-state index contributed by atoms with van der Waals surface area (Å²) in [5, 5.41) is 0. The molecule has 1 aliphatic rings. The highest BCUT2D eigenvalue weighted by Gasteiger charge is 2.17. The molecule has 1 unspecified atom stereocenters. The summed E-state index contributed by atoms with van der Waals surface area (Å²) in [5.74, 6) is 0.987. The zero-order valence-corrected chi connectivity index (χ0v) is 11.3. The highest BCUT2D eigenvalue weighted by atomic mass is 127. The quantitative estimate of drug-likeness (QED) is 0.536. The van der Waals surface area contributed by atoms with E-state index in [1.807, 2.05) is 0 Å². The Hall–Kier alpha value is -0.0500. The maximum Gasteiger partial charge on any atom is 0.0362 e. The molecule has 1 aromatic rings. The van der Waals surface area contributed by atoms with Crippen molar-refractivity contribution >= 4 is 22.6 Å². The minimum atomic E-state index is 0.715. The molecule has 1 saturated carbocycles. The summed E-state index contributed by atoms with van der Waals surface area (Å²) in [7, 11) is 0. The summed E-state index contributed by atoms with van der Waals surface area (Å²) in [6, 6.07) is 10.9. The van der Waals surface area contributed by atoms with E-state index in [0.717, 1.165) is 5.92 Å². The van der Waals surface area contributed by atoms with Crippen molar-refractivity contribution in [3.05, 3.63) is 35.9 Å². The Bertz CT molecular complexity index is 275. The van der Waals surface area contributed by atoms with E-state index in [1.165, 1.54) is 44.1 Å². The van der Waals surface area contributed by atoms with E-state index in [4.69, 9.17) is 0 Å². The Morgan fingerprint density at radius 1 is 1.07 bits per heavy atom. The fourth-order valence-electron chi connectivity index (χ4n) is 2.51. The molecule has 0 spiro atoms. The third-order valence-corrected chi connectivity index (χ3v) is 4.65. The van der Waals surface area contributed by atoms with Gasteiger partial charge in [0.1, 0.15) is 0 Å². The average molecular weight is 314 g/mol. The van der Waals surface area contributed by atoms with Gasteiger partial charge in [-0.15, -0.1) is 0 Å². The summed E-state index contributed by atoms with van der Waals surface area (Å²) in [6.07, 6.45) is 8.70. The molecule has 0 aliphatic heterocycles. The van der Waals surface area contributed by atoms with Crippen LogP contribution in [0.5, 0.6) is 0 Å². The van der Waals surface area contributed by atoms with Gasteiger partial charge in [0.2, 0.25) is 0 Å². The number of alkyl halides is 1. The predicted octanol–water partition coefficient (Wildman–Crippen LogP) is 5.13. The second-order valence-corrected chi connectivity index (χ2v) is 6.12. The van der Waals surface area contributed by atoms with Crippen molar-refractivity contribution in [2.45, 2.75) is 42.4 Å². The van der Waals surface area contributed by atoms with Gasteiger partial charge in [0.25, 0.3) is 0 Å². The molecule has 1 atom stereocenters. The second kappa shape index (κ2) is 5.88. The standard InChI is InChI=1S/C14H19I/c15-14(13-9-5-2-6-10-13)11-12-7-3-1-4-8-12/h2,5-6,9-10,12,14H,1,3-4,7-8,11H2. The normalized spacial score (nSPS) is 20.1. The van der Waals surface area contributed by atoms with Gasteiger partial charge in [-0.05, 0) is 17.9 Å². The molecular formula is C14H19I. The molecule has 0 nitrogen and oxygen atoms in total. The van der Waals surface area contributed by atoms with Crippen molar-refractivity contribution < 1.29 is 0 Å². The second-order valence-electron chi connectivity index (χ2n) is 4.62. The van der Waals surface area contributed by atoms with Crippen LogP contribution in [-0.4, -0.2) is 0 Å². The van der Waals surface area contributed by atoms with Crippen LogP contribution in [0.15, 0.2) is 30.3 Å². The van der Waals surface area contributed by atoms with Crippen LogP contribution in [0.2, 0.25) is 0 Å². The first-order valence-electron chi connectivity index (χ1n) is 6.05. The van der Waals surface area contributed by atoms with E-state index in [1.54, 1.807) is 0 Å². The van der Waals surface area contributed by atoms with E-state index < -0.39 is 0 Å². The number of halogens is 1. The molecule has 0 radical (unpaired) electrons. The number of rotatable bonds is 3. The molecule has 1 heteroatoms. The predicted molar refractivity (Wildman–Crippen MR) is 74.4 cm³/mol. The first kappa shape index (κ1) is 11.4. The Labute approximate surface area is 107 Å². The monoisotopic (exact) mass is 314 g/mol. The third-order valence-electron chi connectivity index (χ3n) is 3.43. The van der Waals surface area contributed by atoms with E-state index in [-0.39, 0.29) is 0 Å². The van der Waals surface area contributed by atoms with Crippen molar-refractivity contribution in [1.29, 1.82) is 0 Å². The Balaban J connectivity index is 1.88. The topological polar surface area (TPSA) is 0 Å². The Morgan fingerprint density at radius 2 is 1.73 bits per heavy atom. The molecular weight excluding hydrogens is 295 g/mol. The fraction of sp³-hybridized carbons (Fsp3) is 0.571. The molecule has 0 N–H and O–H groups in total. The summed E-state index contributed by atoms with van der Waals surface area (Å²) in [5.41, 5.74) is 1.50. The average Bonchev–Trinajstić information content (AvgIpc) is 2.31. The fourth-order valence-corrected chi connectivity index (χ4v) is 3.65. The lowest BCUT2D eigenvalue weighted by molar-refractivity contribution is 0.340. The van der Waals surface area contributed by atoms with Crippen LogP contribution in [-0.2, 0) is 0 Å². The van der Waals surface area contributed by atoms with Crippen molar-refractivity contribution in [3.63, 3.8) is 0 Å². The number of hydrogen-bond donors (Lipinski definition) is 0. The lowest BCUT2D eigenvalue weighted by Gasteiger charge is -2.24. The van der Waals surface area contributed by atoms with Gasteiger partial charge >= 0.3 is 0 Å². The number of benzene rings is 1. The summed E-state index contributed by atoms with van der Waals surface area (Å²) in [6.45, 7) is 0. The molecule has 2 rings (SSSR count). The maximum absolute atomic E-state index is 2.61. The van der Waals surface area contributed by atoms with Crippen LogP contribution < -0.4 is 0 Å². The summed E-state index contributed by atoms with van der Waals surface area (Å²) < 4.78 is 0.715. The van der Waals surface area contributed by atoms with Crippen LogP contribution in [0.3, 0.4) is 0 Å². The molecule has 82 valence electrons. The Kier molecular flexibility index (Phi) is 4.48. The Morgan fingerprint density at radius 3 is 2.40 bits per heavy atom. The van der Waals surface area contributed by atoms with Crippen LogP contribution >= 0.6 is 22.6 Å². The van der Waals surface area contributed by atoms with Gasteiger partial charge < -0.3 is 0 Å². The molecule has 15 heavy (non-hydrogen) atoms. The lowest BCUT2D eigenvalue weighted by Crippen LogP contribution is -2.08. The number of hydrogen-bond acceptors (Lipinski definition) is 0. The molecule has 1 fully saturated rings. The SMILES string of the molecule is IC(CC1CCCCC1)c1ccccc1. The molecule has 0 bridgehead atoms. The molecule has 1 aromatic carbocycles. The minimum absolute atomic E-state index is 0.715. The molecule has 0 aromatic heterocycles. The van der Waals surface area contributed by atoms with Gasteiger partial charge in [-0.1, -0.05) is 85.0 Å². The van der Waals surface area contributed by atoms with Crippen molar-refractivity contribution in [3.8, 4) is 0 Å². The van der Waals surface area contributed by atoms with Crippen LogP contribution in [0.1, 0.15) is 48.0 Å². The van der Waals surface area contributed by atoms with E-state index >= 15 is 0 Å². The van der Waals surface area contributed by atoms with E-state index in [2.05, 4.69) is 52.9 Å². The van der Waals surface area contributed by atoms with Crippen molar-refractivity contribution in [1.82, 2.24) is 0 Å². The van der Waals surface area contributed by atoms with Gasteiger partial charge in [-0.2, -0.15) is 0 Å². The summed E-state index contributed by atoms with van der Waals surface area (Å²) in [4.78, 5) is 0. The van der Waals surface area contributed by atoms with Crippen molar-refractivity contribution in [2.75, 3.05) is 0 Å². The van der Waals surface area contributed by atoms with Crippen molar-refractivity contribution in [2.24, 2.45) is 5.92 Å². The van der Waals surface area contributed by atoms with Crippen LogP contribution in [0, 0.1) is 5.92 Å². The smallest absolute Gasteiger partial charge is 0.0362 e. The molecule has 0 amide bonds. The van der Waals surface area contributed by atoms with Gasteiger partial charge in [0.05, 0.1) is 0 Å². The zero-order valence-electron chi connectivity index (χ0n) is 9.16. The van der Waals surface area contributed by atoms with Crippen LogP contribution in [0.25, 0.3) is 0 Å². The lowest BCUT2D eigenvalue weighted by atomic mass is 9.85. The van der Waals surface area contributed by atoms with E-state index in [0.29, 0.717) is 3.92 Å². The highest BCUT2D eigenvalue weighted by molar-refractivity contribution is 14.1. The highest BCUT2D eigenvalue weighted by Crippen LogP contribution is 2.36. The minimum Gasteiger partial charge on any atom is -0.0774 e. The van der Waals surface area contributed by atoms with Gasteiger partial charge in [-0.3, -0.25) is 0 Å². The van der Waals surface area contributed by atoms with Gasteiger partial charge in [-0.25, -0.2) is 0 Å². The molecule has 0 heterocycles. The largest absolute Gasteiger partial charge is 0.0774 e.